The molecule has 0 aliphatic rings. The van der Waals surface area contributed by atoms with E-state index >= 15 is 0 Å². The summed E-state index contributed by atoms with van der Waals surface area (Å²) in [7, 11) is 0. The van der Waals surface area contributed by atoms with Gasteiger partial charge in [-0.05, 0) is 18.9 Å². The van der Waals surface area contributed by atoms with Crippen molar-refractivity contribution < 1.29 is 0 Å². The molecule has 0 unspecified atom stereocenters. The van der Waals surface area contributed by atoms with Crippen LogP contribution in [0.25, 0.3) is 0 Å². The Morgan fingerprint density at radius 2 is 1.50 bits per heavy atom. The van der Waals surface area contributed by atoms with Crippen LogP contribution in [-0.4, -0.2) is 12.8 Å². The van der Waals surface area contributed by atoms with Crippen molar-refractivity contribution in [1.82, 2.24) is 0 Å². The van der Waals surface area contributed by atoms with Crippen LogP contribution in [0.4, 0.5) is 0 Å². The Kier molecular flexibility index (Phi) is 8.20. The van der Waals surface area contributed by atoms with Crippen LogP contribution in [0.2, 0.25) is 0 Å². The van der Waals surface area contributed by atoms with Gasteiger partial charge in [-0.25, -0.2) is 0 Å². The van der Waals surface area contributed by atoms with Gasteiger partial charge in [-0.1, -0.05) is 75.3 Å². The summed E-state index contributed by atoms with van der Waals surface area (Å²) < 4.78 is 0. The number of aliphatic imine (C=N–C) groups is 1. The van der Waals surface area contributed by atoms with Gasteiger partial charge < -0.3 is 0 Å². The van der Waals surface area contributed by atoms with Gasteiger partial charge in [-0.15, -0.1) is 0 Å². The molecule has 0 atom stereocenters. The molecule has 0 saturated carbocycles. The van der Waals surface area contributed by atoms with E-state index in [0.29, 0.717) is 0 Å². The summed E-state index contributed by atoms with van der Waals surface area (Å²) in [6, 6.07) is 8.53. The maximum atomic E-state index is 4.48. The largest absolute Gasteiger partial charge is 0.293 e. The lowest BCUT2D eigenvalue weighted by Gasteiger charge is -1.99. The molecule has 1 aromatic rings. The highest BCUT2D eigenvalue weighted by atomic mass is 14.7. The summed E-state index contributed by atoms with van der Waals surface area (Å²) in [4.78, 5) is 4.48. The van der Waals surface area contributed by atoms with Gasteiger partial charge in [-0.3, -0.25) is 4.99 Å². The fraction of sp³-hybridized carbons (Fsp3) is 0.588. The molecule has 0 spiro atoms. The molecule has 0 radical (unpaired) electrons. The lowest BCUT2D eigenvalue weighted by atomic mass is 10.1. The third-order valence-electron chi connectivity index (χ3n) is 3.21. The summed E-state index contributed by atoms with van der Waals surface area (Å²) in [5, 5.41) is 0. The van der Waals surface area contributed by atoms with Gasteiger partial charge in [0.25, 0.3) is 0 Å². The van der Waals surface area contributed by atoms with E-state index in [0.717, 1.165) is 6.54 Å². The molecule has 1 heteroatoms. The van der Waals surface area contributed by atoms with E-state index in [-0.39, 0.29) is 0 Å². The standard InChI is InChI=1S/C17H27N/c1-3-4-5-6-7-8-9-14-18-15-17-12-10-16(2)11-13-17/h10-13,15H,3-9,14H2,1-2H3. The Morgan fingerprint density at radius 3 is 2.17 bits per heavy atom. The van der Waals surface area contributed by atoms with E-state index in [2.05, 4.69) is 43.1 Å². The van der Waals surface area contributed by atoms with Crippen molar-refractivity contribution >= 4 is 6.21 Å². The zero-order valence-electron chi connectivity index (χ0n) is 12.0. The van der Waals surface area contributed by atoms with E-state index in [1.807, 2.05) is 6.21 Å². The van der Waals surface area contributed by atoms with Crippen LogP contribution >= 0.6 is 0 Å². The summed E-state index contributed by atoms with van der Waals surface area (Å²) in [6.45, 7) is 5.35. The van der Waals surface area contributed by atoms with Gasteiger partial charge in [0.1, 0.15) is 0 Å². The van der Waals surface area contributed by atoms with Gasteiger partial charge in [0, 0.05) is 12.8 Å². The van der Waals surface area contributed by atoms with Crippen molar-refractivity contribution in [2.75, 3.05) is 6.54 Å². The second kappa shape index (κ2) is 9.87. The van der Waals surface area contributed by atoms with Crippen LogP contribution < -0.4 is 0 Å². The molecular weight excluding hydrogens is 218 g/mol. The second-order valence-electron chi connectivity index (χ2n) is 5.07. The third kappa shape index (κ3) is 7.26. The molecular formula is C17H27N. The molecule has 18 heavy (non-hydrogen) atoms. The average molecular weight is 245 g/mol. The Hall–Kier alpha value is -1.11. The maximum Gasteiger partial charge on any atom is 0.0389 e. The molecule has 0 aromatic heterocycles. The van der Waals surface area contributed by atoms with Crippen molar-refractivity contribution in [1.29, 1.82) is 0 Å². The quantitative estimate of drug-likeness (QED) is 0.420. The fourth-order valence-corrected chi connectivity index (χ4v) is 1.98. The first-order valence-electron chi connectivity index (χ1n) is 7.39. The normalized spacial score (nSPS) is 11.2. The highest BCUT2D eigenvalue weighted by molar-refractivity contribution is 5.79. The van der Waals surface area contributed by atoms with Gasteiger partial charge in [-0.2, -0.15) is 0 Å². The van der Waals surface area contributed by atoms with Crippen LogP contribution in [0.3, 0.4) is 0 Å². The van der Waals surface area contributed by atoms with E-state index in [1.54, 1.807) is 0 Å². The first kappa shape index (κ1) is 14.9. The van der Waals surface area contributed by atoms with Crippen LogP contribution in [0.5, 0.6) is 0 Å². The molecule has 0 amide bonds. The average Bonchev–Trinajstić information content (AvgIpc) is 2.39. The fourth-order valence-electron chi connectivity index (χ4n) is 1.98. The van der Waals surface area contributed by atoms with E-state index < -0.39 is 0 Å². The zero-order chi connectivity index (χ0) is 13.1. The van der Waals surface area contributed by atoms with E-state index in [9.17, 15) is 0 Å². The topological polar surface area (TPSA) is 12.4 Å². The molecule has 0 N–H and O–H groups in total. The Bertz CT molecular complexity index is 324. The molecule has 100 valence electrons. The minimum Gasteiger partial charge on any atom is -0.293 e. The van der Waals surface area contributed by atoms with Gasteiger partial charge in [0.05, 0.1) is 0 Å². The Balaban J connectivity index is 2.02. The highest BCUT2D eigenvalue weighted by Crippen LogP contribution is 2.07. The number of aryl methyl sites for hydroxylation is 1. The number of hydrogen-bond acceptors (Lipinski definition) is 1. The number of hydrogen-bond donors (Lipinski definition) is 0. The summed E-state index contributed by atoms with van der Waals surface area (Å²) in [5.74, 6) is 0. The first-order chi connectivity index (χ1) is 8.83. The minimum atomic E-state index is 0.974. The van der Waals surface area contributed by atoms with Crippen LogP contribution in [0.15, 0.2) is 29.3 Å². The van der Waals surface area contributed by atoms with Gasteiger partial charge in [0.2, 0.25) is 0 Å². The first-order valence-corrected chi connectivity index (χ1v) is 7.39. The monoisotopic (exact) mass is 245 g/mol. The maximum absolute atomic E-state index is 4.48. The third-order valence-corrected chi connectivity index (χ3v) is 3.21. The van der Waals surface area contributed by atoms with Crippen LogP contribution in [-0.2, 0) is 0 Å². The molecule has 0 aliphatic carbocycles. The number of unbranched alkanes of at least 4 members (excludes halogenated alkanes) is 6. The van der Waals surface area contributed by atoms with Crippen molar-refractivity contribution in [3.05, 3.63) is 35.4 Å². The van der Waals surface area contributed by atoms with Crippen molar-refractivity contribution in [2.45, 2.75) is 58.8 Å². The molecule has 0 bridgehead atoms. The molecule has 1 aromatic carbocycles. The molecule has 0 fully saturated rings. The van der Waals surface area contributed by atoms with E-state index in [4.69, 9.17) is 0 Å². The van der Waals surface area contributed by atoms with Gasteiger partial charge >= 0.3 is 0 Å². The second-order valence-corrected chi connectivity index (χ2v) is 5.07. The Labute approximate surface area is 112 Å². The predicted octanol–water partition coefficient (Wildman–Crippen LogP) is 5.16. The number of rotatable bonds is 9. The van der Waals surface area contributed by atoms with E-state index in [1.165, 1.54) is 56.1 Å². The van der Waals surface area contributed by atoms with Crippen molar-refractivity contribution in [2.24, 2.45) is 4.99 Å². The van der Waals surface area contributed by atoms with Crippen molar-refractivity contribution in [3.8, 4) is 0 Å². The predicted molar refractivity (Wildman–Crippen MR) is 81.6 cm³/mol. The molecule has 1 nitrogen and oxygen atoms in total. The number of benzene rings is 1. The number of nitrogens with zero attached hydrogens (tertiary/aromatic N) is 1. The molecule has 0 saturated heterocycles. The smallest absolute Gasteiger partial charge is 0.0389 e. The van der Waals surface area contributed by atoms with Crippen LogP contribution in [0, 0.1) is 6.92 Å². The summed E-state index contributed by atoms with van der Waals surface area (Å²) in [6.07, 6.45) is 11.5. The lowest BCUT2D eigenvalue weighted by Crippen LogP contribution is -1.86. The molecule has 0 heterocycles. The highest BCUT2D eigenvalue weighted by Gasteiger charge is 1.90. The summed E-state index contributed by atoms with van der Waals surface area (Å²) in [5.41, 5.74) is 2.52. The molecule has 0 aliphatic heterocycles. The van der Waals surface area contributed by atoms with Crippen LogP contribution in [0.1, 0.15) is 63.0 Å². The molecule has 1 rings (SSSR count). The summed E-state index contributed by atoms with van der Waals surface area (Å²) >= 11 is 0. The Morgan fingerprint density at radius 1 is 0.889 bits per heavy atom. The van der Waals surface area contributed by atoms with Crippen molar-refractivity contribution in [3.63, 3.8) is 0 Å². The minimum absolute atomic E-state index is 0.974. The zero-order valence-corrected chi connectivity index (χ0v) is 12.0. The SMILES string of the molecule is CCCCCCCCCN=Cc1ccc(C)cc1. The lowest BCUT2D eigenvalue weighted by molar-refractivity contribution is 0.593. The van der Waals surface area contributed by atoms with Gasteiger partial charge in [0.15, 0.2) is 0 Å².